The number of hydrogen-bond acceptors (Lipinski definition) is 4. The monoisotopic (exact) mass is 311 g/mol. The fraction of sp³-hybridized carbons (Fsp3) is 0.714. The van der Waals surface area contributed by atoms with Crippen molar-refractivity contribution in [3.63, 3.8) is 0 Å². The van der Waals surface area contributed by atoms with Gasteiger partial charge < -0.3 is 0 Å². The molecule has 0 radical (unpaired) electrons. The minimum Gasteiger partial charge on any atom is -0.299 e. The van der Waals surface area contributed by atoms with Gasteiger partial charge in [0.25, 0.3) is 0 Å². The van der Waals surface area contributed by atoms with Crippen molar-refractivity contribution in [3.8, 4) is 0 Å². The van der Waals surface area contributed by atoms with E-state index in [1.165, 1.54) is 0 Å². The second-order valence-corrected chi connectivity index (χ2v) is 7.88. The molecule has 0 spiro atoms. The Morgan fingerprint density at radius 1 is 1.24 bits per heavy atom. The minimum atomic E-state index is -3.58. The van der Waals surface area contributed by atoms with Gasteiger partial charge in [-0.25, -0.2) is 8.42 Å². The van der Waals surface area contributed by atoms with Gasteiger partial charge in [0.1, 0.15) is 10.7 Å². The van der Waals surface area contributed by atoms with E-state index >= 15 is 0 Å². The summed E-state index contributed by atoms with van der Waals surface area (Å²) >= 11 is 0. The molecule has 2 aliphatic rings. The quantitative estimate of drug-likeness (QED) is 0.918. The van der Waals surface area contributed by atoms with Gasteiger partial charge in [0.05, 0.1) is 11.4 Å². The van der Waals surface area contributed by atoms with E-state index in [0.717, 1.165) is 25.7 Å². The number of aromatic amines is 1. The van der Waals surface area contributed by atoms with Crippen molar-refractivity contribution in [3.05, 3.63) is 11.4 Å². The van der Waals surface area contributed by atoms with Crippen LogP contribution in [0.15, 0.2) is 4.90 Å². The smallest absolute Gasteiger partial charge is 0.247 e. The van der Waals surface area contributed by atoms with E-state index in [0.29, 0.717) is 24.4 Å². The molecule has 2 unspecified atom stereocenters. The zero-order valence-electron chi connectivity index (χ0n) is 12.4. The first-order chi connectivity index (χ1) is 9.93. The predicted octanol–water partition coefficient (Wildman–Crippen LogP) is 1.55. The lowest BCUT2D eigenvalue weighted by molar-refractivity contribution is -0.121. The fourth-order valence-corrected chi connectivity index (χ4v) is 5.82. The molecule has 6 nitrogen and oxygen atoms in total. The van der Waals surface area contributed by atoms with Gasteiger partial charge in [0, 0.05) is 24.9 Å². The van der Waals surface area contributed by atoms with Crippen LogP contribution in [0.2, 0.25) is 0 Å². The first kappa shape index (κ1) is 14.7. The van der Waals surface area contributed by atoms with Crippen LogP contribution in [-0.4, -0.2) is 41.3 Å². The molecule has 1 aliphatic carbocycles. The number of aryl methyl sites for hydroxylation is 2. The Morgan fingerprint density at radius 3 is 2.57 bits per heavy atom. The number of ketones is 1. The third-order valence-electron chi connectivity index (χ3n) is 4.69. The molecule has 1 aromatic heterocycles. The molecule has 0 bridgehead atoms. The average Bonchev–Trinajstić information content (AvgIpc) is 3.09. The predicted molar refractivity (Wildman–Crippen MR) is 77.3 cm³/mol. The third-order valence-corrected chi connectivity index (χ3v) is 6.88. The lowest BCUT2D eigenvalue weighted by Crippen LogP contribution is -2.41. The lowest BCUT2D eigenvalue weighted by Gasteiger charge is -2.27. The first-order valence-corrected chi connectivity index (χ1v) is 8.93. The molecule has 1 aliphatic heterocycles. The van der Waals surface area contributed by atoms with E-state index in [-0.39, 0.29) is 22.6 Å². The van der Waals surface area contributed by atoms with Crippen LogP contribution >= 0.6 is 0 Å². The Labute approximate surface area is 125 Å². The van der Waals surface area contributed by atoms with E-state index in [4.69, 9.17) is 0 Å². The Bertz CT molecular complexity index is 646. The molecule has 1 saturated heterocycles. The van der Waals surface area contributed by atoms with Crippen LogP contribution in [0.25, 0.3) is 0 Å². The van der Waals surface area contributed by atoms with E-state index in [1.54, 1.807) is 18.2 Å². The third kappa shape index (κ3) is 2.32. The molecule has 1 N–H and O–H groups in total. The van der Waals surface area contributed by atoms with E-state index in [2.05, 4.69) is 10.2 Å². The molecule has 2 fully saturated rings. The number of rotatable bonds is 3. The summed E-state index contributed by atoms with van der Waals surface area (Å²) < 4.78 is 27.5. The van der Waals surface area contributed by atoms with Gasteiger partial charge in [-0.2, -0.15) is 9.40 Å². The largest absolute Gasteiger partial charge is 0.299 e. The number of nitrogens with one attached hydrogen (secondary N) is 1. The van der Waals surface area contributed by atoms with Gasteiger partial charge in [-0.1, -0.05) is 0 Å². The fourth-order valence-electron chi connectivity index (χ4n) is 3.75. The highest BCUT2D eigenvalue weighted by molar-refractivity contribution is 7.89. The summed E-state index contributed by atoms with van der Waals surface area (Å²) in [7, 11) is -3.58. The minimum absolute atomic E-state index is 0.116. The second kappa shape index (κ2) is 5.21. The van der Waals surface area contributed by atoms with Crippen molar-refractivity contribution in [2.45, 2.75) is 56.9 Å². The number of H-pyrrole nitrogens is 1. The maximum absolute atomic E-state index is 13.0. The Hall–Kier alpha value is -1.21. The Morgan fingerprint density at radius 2 is 2.00 bits per heavy atom. The molecule has 3 rings (SSSR count). The van der Waals surface area contributed by atoms with Crippen LogP contribution in [0.3, 0.4) is 0 Å². The molecular weight excluding hydrogens is 290 g/mol. The van der Waals surface area contributed by atoms with Crippen molar-refractivity contribution in [2.75, 3.05) is 6.54 Å². The molecule has 116 valence electrons. The zero-order valence-corrected chi connectivity index (χ0v) is 13.2. The van der Waals surface area contributed by atoms with Crippen molar-refractivity contribution in [2.24, 2.45) is 5.92 Å². The summed E-state index contributed by atoms with van der Waals surface area (Å²) in [6, 6.07) is -0.168. The van der Waals surface area contributed by atoms with Gasteiger partial charge >= 0.3 is 0 Å². The van der Waals surface area contributed by atoms with Gasteiger partial charge in [0.2, 0.25) is 10.0 Å². The van der Waals surface area contributed by atoms with Crippen LogP contribution in [0.4, 0.5) is 0 Å². The number of hydrogen-bond donors (Lipinski definition) is 1. The van der Waals surface area contributed by atoms with Crippen LogP contribution in [0.5, 0.6) is 0 Å². The van der Waals surface area contributed by atoms with E-state index in [9.17, 15) is 13.2 Å². The van der Waals surface area contributed by atoms with Crippen molar-refractivity contribution < 1.29 is 13.2 Å². The first-order valence-electron chi connectivity index (χ1n) is 7.49. The van der Waals surface area contributed by atoms with Crippen LogP contribution in [0.1, 0.15) is 43.5 Å². The van der Waals surface area contributed by atoms with Crippen LogP contribution in [-0.2, 0) is 14.8 Å². The number of aromatic nitrogens is 2. The molecule has 1 saturated carbocycles. The molecule has 0 aromatic carbocycles. The number of sulfonamides is 1. The summed E-state index contributed by atoms with van der Waals surface area (Å²) in [6.45, 7) is 3.92. The molecule has 7 heteroatoms. The summed E-state index contributed by atoms with van der Waals surface area (Å²) in [5.74, 6) is 0.109. The van der Waals surface area contributed by atoms with Crippen molar-refractivity contribution >= 4 is 15.8 Å². The summed E-state index contributed by atoms with van der Waals surface area (Å²) in [6.07, 6.45) is 3.91. The topological polar surface area (TPSA) is 83.1 Å². The van der Waals surface area contributed by atoms with Gasteiger partial charge in [-0.3, -0.25) is 9.89 Å². The number of carbonyl (C=O) groups is 1. The number of carbonyl (C=O) groups excluding carboxylic acids is 1. The summed E-state index contributed by atoms with van der Waals surface area (Å²) in [5, 5.41) is 6.73. The van der Waals surface area contributed by atoms with E-state index in [1.807, 2.05) is 0 Å². The molecule has 2 heterocycles. The van der Waals surface area contributed by atoms with E-state index < -0.39 is 10.0 Å². The summed E-state index contributed by atoms with van der Waals surface area (Å²) in [5.41, 5.74) is 1.06. The highest BCUT2D eigenvalue weighted by Gasteiger charge is 2.44. The normalized spacial score (nSPS) is 27.6. The Balaban J connectivity index is 1.96. The zero-order chi connectivity index (χ0) is 15.2. The molecular formula is C14H21N3O3S. The lowest BCUT2D eigenvalue weighted by atomic mass is 9.96. The maximum Gasteiger partial charge on any atom is 0.247 e. The van der Waals surface area contributed by atoms with Crippen molar-refractivity contribution in [1.82, 2.24) is 14.5 Å². The van der Waals surface area contributed by atoms with Gasteiger partial charge in [-0.15, -0.1) is 0 Å². The highest BCUT2D eigenvalue weighted by atomic mass is 32.2. The standard InChI is InChI=1S/C14H21N3O3S/c1-9-14(10(2)16-15-9)21(19,20)17-8-4-6-12(17)11-5-3-7-13(11)18/h11-12H,3-8H2,1-2H3,(H,15,16). The molecule has 0 amide bonds. The van der Waals surface area contributed by atoms with Crippen LogP contribution < -0.4 is 0 Å². The van der Waals surface area contributed by atoms with Gasteiger partial charge in [-0.05, 0) is 39.5 Å². The van der Waals surface area contributed by atoms with Crippen LogP contribution in [0, 0.1) is 19.8 Å². The molecule has 2 atom stereocenters. The molecule has 21 heavy (non-hydrogen) atoms. The Kier molecular flexibility index (Phi) is 3.65. The van der Waals surface area contributed by atoms with Crippen molar-refractivity contribution in [1.29, 1.82) is 0 Å². The highest BCUT2D eigenvalue weighted by Crippen LogP contribution is 2.37. The second-order valence-electron chi connectivity index (χ2n) is 6.05. The molecule has 1 aromatic rings. The number of Topliss-reactive ketones (excluding diaryl/α,β-unsaturated/α-hetero) is 1. The maximum atomic E-state index is 13.0. The van der Waals surface area contributed by atoms with Gasteiger partial charge in [0.15, 0.2) is 0 Å². The summed E-state index contributed by atoms with van der Waals surface area (Å²) in [4.78, 5) is 12.3. The SMILES string of the molecule is Cc1n[nH]c(C)c1S(=O)(=O)N1CCCC1C1CCCC1=O. The number of nitrogens with zero attached hydrogens (tertiary/aromatic N) is 2. The average molecular weight is 311 g/mol.